The van der Waals surface area contributed by atoms with E-state index in [0.717, 1.165) is 19.3 Å². The maximum absolute atomic E-state index is 13.0. The van der Waals surface area contributed by atoms with E-state index in [1.807, 2.05) is 4.90 Å². The molecule has 23 heavy (non-hydrogen) atoms. The Morgan fingerprint density at radius 2 is 2.04 bits per heavy atom. The standard InChI is InChI=1S/C16H22N2O4S/c1-3-14(18-9-5-4-6-10-18)23(21,22)16-12(2)7-8-13(17-16)11-15(19)20/h3,7-8,14H,1,4-6,9-11H2,2H3,(H,19,20). The Bertz CT molecular complexity index is 694. The highest BCUT2D eigenvalue weighted by atomic mass is 32.2. The third kappa shape index (κ3) is 3.97. The Kier molecular flexibility index (Phi) is 5.54. The van der Waals surface area contributed by atoms with Crippen LogP contribution in [0.5, 0.6) is 0 Å². The third-order valence-corrected chi connectivity index (χ3v) is 6.06. The molecule has 0 aliphatic carbocycles. The second-order valence-corrected chi connectivity index (χ2v) is 7.72. The summed E-state index contributed by atoms with van der Waals surface area (Å²) in [6, 6.07) is 3.15. The number of carboxylic acids is 1. The SMILES string of the molecule is C=CC(N1CCCCC1)S(=O)(=O)c1nc(CC(=O)O)ccc1C. The van der Waals surface area contributed by atoms with Crippen LogP contribution >= 0.6 is 0 Å². The lowest BCUT2D eigenvalue weighted by molar-refractivity contribution is -0.136. The van der Waals surface area contributed by atoms with E-state index in [1.165, 1.54) is 6.08 Å². The molecule has 1 aromatic rings. The van der Waals surface area contributed by atoms with Gasteiger partial charge in [0.25, 0.3) is 0 Å². The molecule has 1 atom stereocenters. The van der Waals surface area contributed by atoms with Crippen LogP contribution in [0.3, 0.4) is 0 Å². The number of hydrogen-bond acceptors (Lipinski definition) is 5. The number of pyridine rings is 1. The largest absolute Gasteiger partial charge is 0.481 e. The normalized spacial score (nSPS) is 17.6. The molecule has 1 aliphatic rings. The smallest absolute Gasteiger partial charge is 0.309 e. The average molecular weight is 338 g/mol. The summed E-state index contributed by atoms with van der Waals surface area (Å²) in [7, 11) is -3.74. The number of carbonyl (C=O) groups is 1. The van der Waals surface area contributed by atoms with E-state index in [4.69, 9.17) is 5.11 Å². The highest BCUT2D eigenvalue weighted by molar-refractivity contribution is 7.92. The van der Waals surface area contributed by atoms with Crippen molar-refractivity contribution in [1.82, 2.24) is 9.88 Å². The van der Waals surface area contributed by atoms with Crippen molar-refractivity contribution in [1.29, 1.82) is 0 Å². The van der Waals surface area contributed by atoms with Gasteiger partial charge in [0.15, 0.2) is 5.03 Å². The summed E-state index contributed by atoms with van der Waals surface area (Å²) in [5.74, 6) is -1.04. The van der Waals surface area contributed by atoms with E-state index in [-0.39, 0.29) is 17.1 Å². The minimum absolute atomic E-state index is 0.0493. The van der Waals surface area contributed by atoms with Gasteiger partial charge in [-0.3, -0.25) is 9.69 Å². The molecule has 1 aliphatic heterocycles. The molecule has 2 heterocycles. The predicted octanol–water partition coefficient (Wildman–Crippen LogP) is 1.79. The molecule has 0 radical (unpaired) electrons. The molecule has 1 aromatic heterocycles. The van der Waals surface area contributed by atoms with Crippen LogP contribution in [0.25, 0.3) is 0 Å². The van der Waals surface area contributed by atoms with Crippen molar-refractivity contribution >= 4 is 15.8 Å². The first-order valence-electron chi connectivity index (χ1n) is 7.65. The summed E-state index contributed by atoms with van der Waals surface area (Å²) in [4.78, 5) is 16.8. The van der Waals surface area contributed by atoms with E-state index >= 15 is 0 Å². The zero-order valence-corrected chi connectivity index (χ0v) is 14.1. The predicted molar refractivity (Wildman–Crippen MR) is 86.9 cm³/mol. The number of likely N-dealkylation sites (tertiary alicyclic amines) is 1. The molecular weight excluding hydrogens is 316 g/mol. The second kappa shape index (κ2) is 7.23. The fourth-order valence-corrected chi connectivity index (χ4v) is 4.70. The molecule has 0 spiro atoms. The molecule has 0 aromatic carbocycles. The number of piperidine rings is 1. The fourth-order valence-electron chi connectivity index (χ4n) is 2.85. The van der Waals surface area contributed by atoms with Gasteiger partial charge in [0.05, 0.1) is 12.1 Å². The highest BCUT2D eigenvalue weighted by Gasteiger charge is 2.33. The Balaban J connectivity index is 2.40. The fraction of sp³-hybridized carbons (Fsp3) is 0.500. The van der Waals surface area contributed by atoms with Gasteiger partial charge in [-0.05, 0) is 44.5 Å². The number of aromatic nitrogens is 1. The minimum atomic E-state index is -3.74. The molecule has 0 saturated carbocycles. The topological polar surface area (TPSA) is 87.6 Å². The zero-order chi connectivity index (χ0) is 17.0. The number of aliphatic carboxylic acids is 1. The maximum Gasteiger partial charge on any atom is 0.309 e. The summed E-state index contributed by atoms with van der Waals surface area (Å²) < 4.78 is 26.0. The van der Waals surface area contributed by atoms with Crippen molar-refractivity contribution in [3.63, 3.8) is 0 Å². The second-order valence-electron chi connectivity index (χ2n) is 5.76. The van der Waals surface area contributed by atoms with E-state index < -0.39 is 21.2 Å². The van der Waals surface area contributed by atoms with E-state index in [1.54, 1.807) is 19.1 Å². The Labute approximate surface area is 136 Å². The van der Waals surface area contributed by atoms with Crippen LogP contribution in [0.1, 0.15) is 30.5 Å². The van der Waals surface area contributed by atoms with Crippen LogP contribution in [0, 0.1) is 6.92 Å². The van der Waals surface area contributed by atoms with Gasteiger partial charge in [-0.15, -0.1) is 6.58 Å². The molecule has 6 nitrogen and oxygen atoms in total. The van der Waals surface area contributed by atoms with Crippen LogP contribution in [-0.2, 0) is 21.1 Å². The van der Waals surface area contributed by atoms with Crippen molar-refractivity contribution in [2.45, 2.75) is 43.0 Å². The molecular formula is C16H22N2O4S. The van der Waals surface area contributed by atoms with Gasteiger partial charge in [-0.2, -0.15) is 0 Å². The van der Waals surface area contributed by atoms with Gasteiger partial charge in [0, 0.05) is 0 Å². The Hall–Kier alpha value is -1.73. The lowest BCUT2D eigenvalue weighted by Crippen LogP contribution is -2.43. The number of rotatable bonds is 6. The van der Waals surface area contributed by atoms with Crippen LogP contribution in [-0.4, -0.2) is 47.8 Å². The first kappa shape index (κ1) is 17.6. The van der Waals surface area contributed by atoms with Gasteiger partial charge < -0.3 is 5.11 Å². The number of carboxylic acid groups (broad SMARTS) is 1. The minimum Gasteiger partial charge on any atom is -0.481 e. The molecule has 1 N–H and O–H groups in total. The lowest BCUT2D eigenvalue weighted by Gasteiger charge is -2.32. The van der Waals surface area contributed by atoms with Gasteiger partial charge in [0.1, 0.15) is 5.37 Å². The van der Waals surface area contributed by atoms with Gasteiger partial charge in [-0.25, -0.2) is 13.4 Å². The van der Waals surface area contributed by atoms with E-state index in [0.29, 0.717) is 18.7 Å². The maximum atomic E-state index is 13.0. The number of aryl methyl sites for hydroxylation is 1. The van der Waals surface area contributed by atoms with Crippen molar-refractivity contribution in [2.75, 3.05) is 13.1 Å². The Morgan fingerprint density at radius 1 is 1.39 bits per heavy atom. The van der Waals surface area contributed by atoms with Crippen LogP contribution in [0.15, 0.2) is 29.8 Å². The molecule has 1 unspecified atom stereocenters. The summed E-state index contributed by atoms with van der Waals surface area (Å²) in [6.45, 7) is 6.78. The molecule has 0 amide bonds. The van der Waals surface area contributed by atoms with E-state index in [9.17, 15) is 13.2 Å². The highest BCUT2D eigenvalue weighted by Crippen LogP contribution is 2.24. The summed E-state index contributed by atoms with van der Waals surface area (Å²) in [5.41, 5.74) is 0.756. The lowest BCUT2D eigenvalue weighted by atomic mass is 10.1. The first-order chi connectivity index (χ1) is 10.9. The number of nitrogens with zero attached hydrogens (tertiary/aromatic N) is 2. The zero-order valence-electron chi connectivity index (χ0n) is 13.2. The summed E-state index contributed by atoms with van der Waals surface area (Å²) in [6.07, 6.45) is 4.17. The summed E-state index contributed by atoms with van der Waals surface area (Å²) >= 11 is 0. The van der Waals surface area contributed by atoms with Crippen LogP contribution in [0.4, 0.5) is 0 Å². The van der Waals surface area contributed by atoms with Crippen LogP contribution < -0.4 is 0 Å². The van der Waals surface area contributed by atoms with Gasteiger partial charge in [0.2, 0.25) is 9.84 Å². The quantitative estimate of drug-likeness (QED) is 0.796. The van der Waals surface area contributed by atoms with Gasteiger partial charge >= 0.3 is 5.97 Å². The first-order valence-corrected chi connectivity index (χ1v) is 9.19. The molecule has 7 heteroatoms. The van der Waals surface area contributed by atoms with Gasteiger partial charge in [-0.1, -0.05) is 18.6 Å². The molecule has 126 valence electrons. The van der Waals surface area contributed by atoms with E-state index in [2.05, 4.69) is 11.6 Å². The van der Waals surface area contributed by atoms with Crippen molar-refractivity contribution in [3.8, 4) is 0 Å². The molecule has 0 bridgehead atoms. The van der Waals surface area contributed by atoms with Crippen molar-refractivity contribution in [3.05, 3.63) is 36.0 Å². The van der Waals surface area contributed by atoms with Crippen LogP contribution in [0.2, 0.25) is 0 Å². The van der Waals surface area contributed by atoms with Crippen molar-refractivity contribution < 1.29 is 18.3 Å². The summed E-state index contributed by atoms with van der Waals surface area (Å²) in [5, 5.41) is 8.00. The molecule has 1 fully saturated rings. The monoisotopic (exact) mass is 338 g/mol. The number of sulfone groups is 1. The molecule has 1 saturated heterocycles. The number of hydrogen-bond donors (Lipinski definition) is 1. The molecule has 2 rings (SSSR count). The van der Waals surface area contributed by atoms with Crippen molar-refractivity contribution in [2.24, 2.45) is 0 Å². The third-order valence-electron chi connectivity index (χ3n) is 3.98. The average Bonchev–Trinajstić information content (AvgIpc) is 2.50. The Morgan fingerprint density at radius 3 is 2.61 bits per heavy atom.